The van der Waals surface area contributed by atoms with E-state index in [0.29, 0.717) is 26.4 Å². The Balaban J connectivity index is 1.49. The smallest absolute Gasteiger partial charge is 0.323 e. The van der Waals surface area contributed by atoms with Gasteiger partial charge >= 0.3 is 6.03 Å². The van der Waals surface area contributed by atoms with Gasteiger partial charge in [-0.15, -0.1) is 11.3 Å². The van der Waals surface area contributed by atoms with E-state index in [0.717, 1.165) is 59.9 Å². The molecule has 4 rings (SSSR count). The lowest BCUT2D eigenvalue weighted by Crippen LogP contribution is -2.25. The average molecular weight is 558 g/mol. The molecule has 0 saturated heterocycles. The van der Waals surface area contributed by atoms with Crippen molar-refractivity contribution >= 4 is 68.0 Å². The summed E-state index contributed by atoms with van der Waals surface area (Å²) in [7, 11) is 0. The zero-order chi connectivity index (χ0) is 26.4. The van der Waals surface area contributed by atoms with E-state index >= 15 is 0 Å². The molecule has 2 aromatic heterocycles. The van der Waals surface area contributed by atoms with Crippen molar-refractivity contribution in [3.8, 4) is 11.4 Å². The lowest BCUT2D eigenvalue weighted by molar-refractivity contribution is 0.262. The molecule has 0 unspecified atom stereocenters. The van der Waals surface area contributed by atoms with Gasteiger partial charge in [-0.05, 0) is 69.4 Å². The molecule has 3 N–H and O–H groups in total. The van der Waals surface area contributed by atoms with Crippen LogP contribution in [0.1, 0.15) is 25.8 Å². The lowest BCUT2D eigenvalue weighted by Gasteiger charge is -2.18. The Morgan fingerprint density at radius 1 is 0.946 bits per heavy atom. The summed E-state index contributed by atoms with van der Waals surface area (Å²) in [5.41, 5.74) is 3.94. The first-order valence-corrected chi connectivity index (χ1v) is 13.8. The number of anilines is 3. The molecule has 0 spiro atoms. The molecule has 0 aliphatic rings. The van der Waals surface area contributed by atoms with Gasteiger partial charge in [-0.1, -0.05) is 54.7 Å². The molecule has 0 radical (unpaired) electrons. The Morgan fingerprint density at radius 2 is 1.57 bits per heavy atom. The Kier molecular flexibility index (Phi) is 9.21. The van der Waals surface area contributed by atoms with E-state index in [1.165, 1.54) is 11.3 Å². The van der Waals surface area contributed by atoms with E-state index in [9.17, 15) is 4.79 Å². The predicted molar refractivity (Wildman–Crippen MR) is 158 cm³/mol. The first-order valence-electron chi connectivity index (χ1n) is 12.2. The number of nitrogens with zero attached hydrogens (tertiary/aromatic N) is 3. The number of carbonyl (C=O) groups excluding carboxylic acids is 1. The van der Waals surface area contributed by atoms with Crippen LogP contribution in [0, 0.1) is 6.92 Å². The largest absolute Gasteiger partial charge is 0.369 e. The Bertz CT molecular complexity index is 1350. The van der Waals surface area contributed by atoms with Crippen molar-refractivity contribution in [2.75, 3.05) is 42.1 Å². The fourth-order valence-corrected chi connectivity index (χ4v) is 5.31. The molecule has 0 fully saturated rings. The van der Waals surface area contributed by atoms with Gasteiger partial charge < -0.3 is 20.9 Å². The Morgan fingerprint density at radius 3 is 2.19 bits per heavy atom. The summed E-state index contributed by atoms with van der Waals surface area (Å²) < 4.78 is 1.33. The van der Waals surface area contributed by atoms with Gasteiger partial charge in [0.2, 0.25) is 0 Å². The van der Waals surface area contributed by atoms with Crippen LogP contribution in [0.15, 0.2) is 48.5 Å². The van der Waals surface area contributed by atoms with Crippen molar-refractivity contribution < 1.29 is 4.79 Å². The minimum absolute atomic E-state index is 0.315. The zero-order valence-corrected chi connectivity index (χ0v) is 23.4. The normalized spacial score (nSPS) is 11.2. The second-order valence-corrected chi connectivity index (χ2v) is 10.6. The Hall–Kier alpha value is -2.91. The van der Waals surface area contributed by atoms with Gasteiger partial charge in [0.15, 0.2) is 5.82 Å². The van der Waals surface area contributed by atoms with Crippen LogP contribution in [0.4, 0.5) is 22.0 Å². The van der Waals surface area contributed by atoms with Crippen LogP contribution >= 0.6 is 34.5 Å². The fraction of sp³-hybridized carbons (Fsp3) is 0.296. The summed E-state index contributed by atoms with van der Waals surface area (Å²) in [5, 5.41) is 9.56. The van der Waals surface area contributed by atoms with Crippen molar-refractivity contribution in [1.82, 2.24) is 14.9 Å². The maximum absolute atomic E-state index is 12.4. The molecule has 2 aromatic carbocycles. The van der Waals surface area contributed by atoms with Crippen molar-refractivity contribution in [3.63, 3.8) is 0 Å². The van der Waals surface area contributed by atoms with Crippen LogP contribution in [-0.4, -0.2) is 47.1 Å². The number of benzene rings is 2. The molecule has 10 heteroatoms. The van der Waals surface area contributed by atoms with E-state index in [2.05, 4.69) is 34.7 Å². The second-order valence-electron chi connectivity index (χ2n) is 8.59. The average Bonchev–Trinajstić information content (AvgIpc) is 3.19. The summed E-state index contributed by atoms with van der Waals surface area (Å²) in [4.78, 5) is 24.3. The molecule has 7 nitrogen and oxygen atoms in total. The van der Waals surface area contributed by atoms with Crippen LogP contribution < -0.4 is 16.0 Å². The number of hydrogen-bond acceptors (Lipinski definition) is 6. The summed E-state index contributed by atoms with van der Waals surface area (Å²) in [5.74, 6) is 1.25. The summed E-state index contributed by atoms with van der Waals surface area (Å²) in [6, 6.07) is 14.7. The highest BCUT2D eigenvalue weighted by Gasteiger charge is 2.17. The number of rotatable bonds is 10. The van der Waals surface area contributed by atoms with Crippen molar-refractivity contribution in [1.29, 1.82) is 0 Å². The second kappa shape index (κ2) is 12.6. The Labute approximate surface area is 231 Å². The van der Waals surface area contributed by atoms with Crippen LogP contribution in [0.3, 0.4) is 0 Å². The van der Waals surface area contributed by atoms with Crippen LogP contribution in [0.25, 0.3) is 21.6 Å². The molecule has 0 aliphatic carbocycles. The summed E-state index contributed by atoms with van der Waals surface area (Å²) >= 11 is 14.2. The number of urea groups is 1. The van der Waals surface area contributed by atoms with E-state index in [4.69, 9.17) is 33.2 Å². The molecular formula is C27H30Cl2N6OS. The molecule has 0 bridgehead atoms. The summed E-state index contributed by atoms with van der Waals surface area (Å²) in [6.45, 7) is 10.2. The molecule has 37 heavy (non-hydrogen) atoms. The zero-order valence-electron chi connectivity index (χ0n) is 21.1. The third-order valence-corrected chi connectivity index (χ3v) is 7.96. The SMILES string of the molecule is CCN(CC)CCCNc1nc(-c2ccc(NC(=O)Nc3ccc(C)cc3)cc2)nc2c(Cl)c(Cl)sc12. The number of nitrogens with one attached hydrogen (secondary N) is 3. The van der Waals surface area contributed by atoms with Crippen molar-refractivity contribution in [2.45, 2.75) is 27.2 Å². The van der Waals surface area contributed by atoms with Gasteiger partial charge in [0.25, 0.3) is 0 Å². The van der Waals surface area contributed by atoms with E-state index < -0.39 is 0 Å². The van der Waals surface area contributed by atoms with Gasteiger partial charge in [0.1, 0.15) is 15.7 Å². The number of aryl methyl sites for hydroxylation is 1. The first-order chi connectivity index (χ1) is 17.9. The first kappa shape index (κ1) is 27.1. The molecule has 2 amide bonds. The molecule has 0 atom stereocenters. The summed E-state index contributed by atoms with van der Waals surface area (Å²) in [6.07, 6.45) is 0.986. The van der Waals surface area contributed by atoms with E-state index in [-0.39, 0.29) is 6.03 Å². The monoisotopic (exact) mass is 556 g/mol. The molecular weight excluding hydrogens is 527 g/mol. The highest BCUT2D eigenvalue weighted by atomic mass is 35.5. The minimum atomic E-state index is -0.315. The lowest BCUT2D eigenvalue weighted by atomic mass is 10.2. The highest BCUT2D eigenvalue weighted by Crippen LogP contribution is 2.41. The van der Waals surface area contributed by atoms with Gasteiger partial charge in [-0.2, -0.15) is 0 Å². The van der Waals surface area contributed by atoms with Crippen LogP contribution in [-0.2, 0) is 0 Å². The number of thiophene rings is 1. The standard InChI is InChI=1S/C27H30Cl2N6OS/c1-4-35(5-2)16-6-15-30-26-23-22(21(28)24(29)37-23)33-25(34-26)18-9-13-20(14-10-18)32-27(36)31-19-11-7-17(3)8-12-19/h7-14H,4-6,15-16H2,1-3H3,(H,30,33,34)(H2,31,32,36). The van der Waals surface area contributed by atoms with Crippen molar-refractivity contribution in [2.24, 2.45) is 0 Å². The minimum Gasteiger partial charge on any atom is -0.369 e. The molecule has 4 aromatic rings. The quantitative estimate of drug-likeness (QED) is 0.174. The maximum Gasteiger partial charge on any atom is 0.323 e. The van der Waals surface area contributed by atoms with E-state index in [1.807, 2.05) is 55.5 Å². The van der Waals surface area contributed by atoms with Gasteiger partial charge in [-0.25, -0.2) is 14.8 Å². The molecule has 2 heterocycles. The van der Waals surface area contributed by atoms with Crippen LogP contribution in [0.2, 0.25) is 9.36 Å². The number of carbonyl (C=O) groups is 1. The predicted octanol–water partition coefficient (Wildman–Crippen LogP) is 7.76. The number of hydrogen-bond donors (Lipinski definition) is 3. The topological polar surface area (TPSA) is 82.2 Å². The van der Waals surface area contributed by atoms with Gasteiger partial charge in [0, 0.05) is 23.5 Å². The maximum atomic E-state index is 12.4. The molecule has 0 aliphatic heterocycles. The number of amides is 2. The molecule has 194 valence electrons. The fourth-order valence-electron chi connectivity index (χ4n) is 3.85. The van der Waals surface area contributed by atoms with Crippen LogP contribution in [0.5, 0.6) is 0 Å². The third kappa shape index (κ3) is 6.90. The number of halogens is 2. The molecule has 0 saturated carbocycles. The van der Waals surface area contributed by atoms with Crippen molar-refractivity contribution in [3.05, 3.63) is 63.5 Å². The van der Waals surface area contributed by atoms with Gasteiger partial charge in [-0.3, -0.25) is 0 Å². The van der Waals surface area contributed by atoms with Gasteiger partial charge in [0.05, 0.1) is 9.72 Å². The van der Waals surface area contributed by atoms with E-state index in [1.54, 1.807) is 0 Å². The number of aromatic nitrogens is 2. The third-order valence-electron chi connectivity index (χ3n) is 5.99. The number of fused-ring (bicyclic) bond motifs is 1. The highest BCUT2D eigenvalue weighted by molar-refractivity contribution is 7.24.